The van der Waals surface area contributed by atoms with Gasteiger partial charge in [0.2, 0.25) is 0 Å². The van der Waals surface area contributed by atoms with Crippen molar-refractivity contribution < 1.29 is 14.3 Å². The van der Waals surface area contributed by atoms with Crippen molar-refractivity contribution in [3.63, 3.8) is 0 Å². The summed E-state index contributed by atoms with van der Waals surface area (Å²) in [5.41, 5.74) is 4.07. The van der Waals surface area contributed by atoms with E-state index in [-0.39, 0.29) is 22.7 Å². The average Bonchev–Trinajstić information content (AvgIpc) is 3.55. The maximum atomic E-state index is 13.3. The zero-order valence-corrected chi connectivity index (χ0v) is 23.0. The van der Waals surface area contributed by atoms with Gasteiger partial charge in [-0.1, -0.05) is 47.6 Å². The molecule has 0 bridgehead atoms. The Bertz CT molecular complexity index is 1310. The summed E-state index contributed by atoms with van der Waals surface area (Å²) < 4.78 is 5.65. The van der Waals surface area contributed by atoms with Crippen molar-refractivity contribution in [1.82, 2.24) is 15.3 Å². The first-order valence-corrected chi connectivity index (χ1v) is 14.7. The molecule has 1 aliphatic carbocycles. The van der Waals surface area contributed by atoms with E-state index in [4.69, 9.17) is 16.3 Å². The highest BCUT2D eigenvalue weighted by Crippen LogP contribution is 2.38. The Morgan fingerprint density at radius 1 is 1.19 bits per heavy atom. The van der Waals surface area contributed by atoms with Crippen LogP contribution in [0.25, 0.3) is 0 Å². The van der Waals surface area contributed by atoms with Crippen LogP contribution in [-0.2, 0) is 23.3 Å². The van der Waals surface area contributed by atoms with Crippen LogP contribution >= 0.6 is 34.7 Å². The Labute approximate surface area is 229 Å². The van der Waals surface area contributed by atoms with Gasteiger partial charge in [0.25, 0.3) is 11.8 Å². The Morgan fingerprint density at radius 2 is 2.03 bits per heavy atom. The smallest absolute Gasteiger partial charge is 0.276 e. The van der Waals surface area contributed by atoms with E-state index in [9.17, 15) is 9.59 Å². The lowest BCUT2D eigenvalue weighted by atomic mass is 9.95. The van der Waals surface area contributed by atoms with Gasteiger partial charge in [0.15, 0.2) is 10.9 Å². The van der Waals surface area contributed by atoms with Gasteiger partial charge < -0.3 is 15.4 Å². The number of hydrogen-bond donors (Lipinski definition) is 2. The molecule has 37 heavy (non-hydrogen) atoms. The third kappa shape index (κ3) is 6.17. The standard InChI is InChI=1S/C27H29ClN4O3S2/c1-16-7-2-3-8-17(16)15-36-27-30-14-20(28)23(31-27)25(34)32-26-22(19-10-4-5-11-21(19)37-26)24(33)29-13-18-9-6-12-35-18/h2-3,7-8,14,18H,4-6,9-13,15H2,1H3,(H,29,33)(H,32,34). The van der Waals surface area contributed by atoms with Gasteiger partial charge >= 0.3 is 0 Å². The largest absolute Gasteiger partial charge is 0.376 e. The molecule has 2 aliphatic rings. The van der Waals surface area contributed by atoms with Gasteiger partial charge in [0.05, 0.1) is 22.9 Å². The van der Waals surface area contributed by atoms with Crippen molar-refractivity contribution in [3.8, 4) is 0 Å². The van der Waals surface area contributed by atoms with Crippen LogP contribution in [0.2, 0.25) is 5.02 Å². The fourth-order valence-corrected chi connectivity index (χ4v) is 7.00. The van der Waals surface area contributed by atoms with Gasteiger partial charge in [0, 0.05) is 23.8 Å². The lowest BCUT2D eigenvalue weighted by molar-refractivity contribution is 0.0858. The summed E-state index contributed by atoms with van der Waals surface area (Å²) in [5.74, 6) is 0.0626. The van der Waals surface area contributed by atoms with Gasteiger partial charge in [-0.2, -0.15) is 0 Å². The molecule has 1 fully saturated rings. The molecule has 2 aromatic heterocycles. The fourth-order valence-electron chi connectivity index (χ4n) is 4.65. The zero-order valence-electron chi connectivity index (χ0n) is 20.6. The Hall–Kier alpha value is -2.46. The number of ether oxygens (including phenoxy) is 1. The Kier molecular flexibility index (Phi) is 8.44. The molecule has 1 saturated heterocycles. The molecule has 0 radical (unpaired) electrons. The van der Waals surface area contributed by atoms with E-state index in [1.165, 1.54) is 40.4 Å². The molecule has 1 aliphatic heterocycles. The molecule has 2 amide bonds. The van der Waals surface area contributed by atoms with Crippen molar-refractivity contribution >= 4 is 51.5 Å². The summed E-state index contributed by atoms with van der Waals surface area (Å²) in [4.78, 5) is 36.5. The monoisotopic (exact) mass is 556 g/mol. The minimum Gasteiger partial charge on any atom is -0.376 e. The van der Waals surface area contributed by atoms with E-state index >= 15 is 0 Å². The van der Waals surface area contributed by atoms with Crippen molar-refractivity contribution in [2.24, 2.45) is 0 Å². The summed E-state index contributed by atoms with van der Waals surface area (Å²) in [5, 5.41) is 7.16. The number of anilines is 1. The summed E-state index contributed by atoms with van der Waals surface area (Å²) in [6, 6.07) is 8.13. The number of thioether (sulfide) groups is 1. The molecule has 194 valence electrons. The fraction of sp³-hybridized carbons (Fsp3) is 0.407. The molecule has 7 nitrogen and oxygen atoms in total. The molecule has 10 heteroatoms. The van der Waals surface area contributed by atoms with Gasteiger partial charge in [-0.05, 0) is 62.1 Å². The molecular formula is C27H29ClN4O3S2. The molecule has 3 aromatic rings. The molecule has 0 spiro atoms. The maximum absolute atomic E-state index is 13.3. The maximum Gasteiger partial charge on any atom is 0.276 e. The first-order chi connectivity index (χ1) is 18.0. The summed E-state index contributed by atoms with van der Waals surface area (Å²) in [6.45, 7) is 3.27. The number of halogens is 1. The van der Waals surface area contributed by atoms with E-state index < -0.39 is 5.91 Å². The van der Waals surface area contributed by atoms with E-state index in [1.807, 2.05) is 12.1 Å². The molecule has 3 heterocycles. The Morgan fingerprint density at radius 3 is 2.84 bits per heavy atom. The SMILES string of the molecule is Cc1ccccc1CSc1ncc(Cl)c(C(=O)Nc2sc3c(c2C(=O)NCC2CCCO2)CCCC3)n1. The molecular weight excluding hydrogens is 528 g/mol. The van der Waals surface area contributed by atoms with Gasteiger partial charge in [-0.25, -0.2) is 9.97 Å². The lowest BCUT2D eigenvalue weighted by Crippen LogP contribution is -2.32. The number of aryl methyl sites for hydroxylation is 2. The van der Waals surface area contributed by atoms with E-state index in [0.717, 1.165) is 55.6 Å². The number of fused-ring (bicyclic) bond motifs is 1. The number of carbonyl (C=O) groups excluding carboxylic acids is 2. The van der Waals surface area contributed by atoms with Crippen LogP contribution < -0.4 is 10.6 Å². The van der Waals surface area contributed by atoms with Crippen molar-refractivity contribution in [3.05, 3.63) is 68.3 Å². The summed E-state index contributed by atoms with van der Waals surface area (Å²) >= 11 is 9.26. The highest BCUT2D eigenvalue weighted by atomic mass is 35.5. The van der Waals surface area contributed by atoms with Crippen LogP contribution in [0, 0.1) is 6.92 Å². The highest BCUT2D eigenvalue weighted by molar-refractivity contribution is 7.98. The molecule has 1 unspecified atom stereocenters. The van der Waals surface area contributed by atoms with Gasteiger partial charge in [-0.3, -0.25) is 9.59 Å². The molecule has 1 atom stereocenters. The van der Waals surface area contributed by atoms with Crippen LogP contribution in [0.4, 0.5) is 5.00 Å². The predicted molar refractivity (Wildman–Crippen MR) is 148 cm³/mol. The third-order valence-corrected chi connectivity index (χ3v) is 9.09. The number of thiophene rings is 1. The van der Waals surface area contributed by atoms with Crippen LogP contribution in [-0.4, -0.2) is 41.0 Å². The average molecular weight is 557 g/mol. The number of nitrogens with zero attached hydrogens (tertiary/aromatic N) is 2. The summed E-state index contributed by atoms with van der Waals surface area (Å²) in [6.07, 6.45) is 7.32. The number of rotatable bonds is 8. The van der Waals surface area contributed by atoms with Crippen LogP contribution in [0.5, 0.6) is 0 Å². The highest BCUT2D eigenvalue weighted by Gasteiger charge is 2.28. The molecule has 5 rings (SSSR count). The van der Waals surface area contributed by atoms with Crippen LogP contribution in [0.3, 0.4) is 0 Å². The third-order valence-electron chi connectivity index (χ3n) is 6.69. The van der Waals surface area contributed by atoms with Crippen molar-refractivity contribution in [2.45, 2.75) is 62.5 Å². The zero-order chi connectivity index (χ0) is 25.8. The number of carbonyl (C=O) groups is 2. The van der Waals surface area contributed by atoms with Gasteiger partial charge in [-0.15, -0.1) is 11.3 Å². The number of nitrogens with one attached hydrogen (secondary N) is 2. The molecule has 0 saturated carbocycles. The van der Waals surface area contributed by atoms with Crippen molar-refractivity contribution in [2.75, 3.05) is 18.5 Å². The van der Waals surface area contributed by atoms with E-state index in [2.05, 4.69) is 39.7 Å². The second kappa shape index (κ2) is 11.9. The van der Waals surface area contributed by atoms with E-state index in [1.54, 1.807) is 0 Å². The van der Waals surface area contributed by atoms with Gasteiger partial charge in [0.1, 0.15) is 5.00 Å². The minimum absolute atomic E-state index is 0.0480. The number of benzene rings is 1. The first-order valence-electron chi connectivity index (χ1n) is 12.5. The predicted octanol–water partition coefficient (Wildman–Crippen LogP) is 5.83. The molecule has 2 N–H and O–H groups in total. The van der Waals surface area contributed by atoms with Crippen LogP contribution in [0.15, 0.2) is 35.6 Å². The summed E-state index contributed by atoms with van der Waals surface area (Å²) in [7, 11) is 0. The topological polar surface area (TPSA) is 93.2 Å². The van der Waals surface area contributed by atoms with Crippen molar-refractivity contribution in [1.29, 1.82) is 0 Å². The molecule has 1 aromatic carbocycles. The quantitative estimate of drug-likeness (QED) is 0.268. The number of aromatic nitrogens is 2. The lowest BCUT2D eigenvalue weighted by Gasteiger charge is -2.15. The van der Waals surface area contributed by atoms with Crippen LogP contribution in [0.1, 0.15) is 68.1 Å². The Balaban J connectivity index is 1.34. The number of hydrogen-bond acceptors (Lipinski definition) is 7. The second-order valence-electron chi connectivity index (χ2n) is 9.28. The second-order valence-corrected chi connectivity index (χ2v) is 11.7. The minimum atomic E-state index is -0.447. The van der Waals surface area contributed by atoms with E-state index in [0.29, 0.717) is 28.0 Å². The normalized spacial score (nSPS) is 16.9. The number of amides is 2. The first kappa shape index (κ1) is 26.2.